The standard InChI is InChI=1S/C15H18N2O2/c1-16-15(11-17-9-7-13(18)8-10-17)12-3-5-14(19-2)6-4-12/h3-10,15-16H,11H2,1-2H3. The fourth-order valence-electron chi connectivity index (χ4n) is 1.98. The van der Waals surface area contributed by atoms with Crippen LogP contribution in [0.25, 0.3) is 0 Å². The third-order valence-electron chi connectivity index (χ3n) is 3.12. The first-order chi connectivity index (χ1) is 9.22. The minimum atomic E-state index is 0.0294. The van der Waals surface area contributed by atoms with E-state index in [0.717, 1.165) is 12.3 Å². The zero-order valence-corrected chi connectivity index (χ0v) is 11.2. The van der Waals surface area contributed by atoms with Gasteiger partial charge in [0.2, 0.25) is 0 Å². The minimum absolute atomic E-state index is 0.0294. The maximum atomic E-state index is 11.1. The number of aromatic nitrogens is 1. The summed E-state index contributed by atoms with van der Waals surface area (Å²) in [7, 11) is 3.59. The van der Waals surface area contributed by atoms with Crippen molar-refractivity contribution in [2.24, 2.45) is 0 Å². The molecule has 0 radical (unpaired) electrons. The Kier molecular flexibility index (Phi) is 4.36. The Labute approximate surface area is 112 Å². The molecule has 1 aromatic carbocycles. The summed E-state index contributed by atoms with van der Waals surface area (Å²) in [5.74, 6) is 0.849. The summed E-state index contributed by atoms with van der Waals surface area (Å²) >= 11 is 0. The molecule has 0 saturated heterocycles. The third-order valence-corrected chi connectivity index (χ3v) is 3.12. The average Bonchev–Trinajstić information content (AvgIpc) is 2.47. The first kappa shape index (κ1) is 13.4. The molecule has 4 heteroatoms. The molecule has 1 atom stereocenters. The summed E-state index contributed by atoms with van der Waals surface area (Å²) in [6, 6.07) is 11.3. The lowest BCUT2D eigenvalue weighted by Crippen LogP contribution is -2.22. The maximum Gasteiger partial charge on any atom is 0.181 e. The van der Waals surface area contributed by atoms with E-state index in [-0.39, 0.29) is 11.5 Å². The number of ether oxygens (including phenoxy) is 1. The molecule has 1 aromatic heterocycles. The van der Waals surface area contributed by atoms with E-state index in [1.807, 2.05) is 35.9 Å². The van der Waals surface area contributed by atoms with E-state index in [1.165, 1.54) is 5.56 Å². The first-order valence-electron chi connectivity index (χ1n) is 6.20. The van der Waals surface area contributed by atoms with Gasteiger partial charge in [0.15, 0.2) is 5.43 Å². The van der Waals surface area contributed by atoms with Gasteiger partial charge >= 0.3 is 0 Å². The Hall–Kier alpha value is -2.07. The zero-order valence-electron chi connectivity index (χ0n) is 11.2. The van der Waals surface area contributed by atoms with Crippen LogP contribution in [0.1, 0.15) is 11.6 Å². The predicted molar refractivity (Wildman–Crippen MR) is 75.5 cm³/mol. The van der Waals surface area contributed by atoms with Crippen LogP contribution in [0.2, 0.25) is 0 Å². The van der Waals surface area contributed by atoms with Gasteiger partial charge in [0.25, 0.3) is 0 Å². The van der Waals surface area contributed by atoms with Crippen LogP contribution in [-0.2, 0) is 6.54 Å². The Morgan fingerprint density at radius 3 is 2.32 bits per heavy atom. The average molecular weight is 258 g/mol. The summed E-state index contributed by atoms with van der Waals surface area (Å²) in [6.07, 6.45) is 3.60. The number of benzene rings is 1. The van der Waals surface area contributed by atoms with Crippen LogP contribution in [0.4, 0.5) is 0 Å². The number of likely N-dealkylation sites (N-methyl/N-ethyl adjacent to an activating group) is 1. The van der Waals surface area contributed by atoms with Crippen molar-refractivity contribution in [2.45, 2.75) is 12.6 Å². The highest BCUT2D eigenvalue weighted by Gasteiger charge is 2.09. The van der Waals surface area contributed by atoms with E-state index >= 15 is 0 Å². The molecule has 100 valence electrons. The molecule has 2 aromatic rings. The van der Waals surface area contributed by atoms with Gasteiger partial charge in [-0.15, -0.1) is 0 Å². The highest BCUT2D eigenvalue weighted by molar-refractivity contribution is 5.29. The number of hydrogen-bond donors (Lipinski definition) is 1. The lowest BCUT2D eigenvalue weighted by molar-refractivity contribution is 0.414. The van der Waals surface area contributed by atoms with Gasteiger partial charge < -0.3 is 14.6 Å². The van der Waals surface area contributed by atoms with Crippen LogP contribution in [-0.4, -0.2) is 18.7 Å². The van der Waals surface area contributed by atoms with Crippen LogP contribution in [0, 0.1) is 0 Å². The van der Waals surface area contributed by atoms with Crippen molar-refractivity contribution < 1.29 is 4.74 Å². The summed E-state index contributed by atoms with van der Waals surface area (Å²) in [6.45, 7) is 0.767. The van der Waals surface area contributed by atoms with Crippen LogP contribution in [0.15, 0.2) is 53.6 Å². The number of nitrogens with one attached hydrogen (secondary N) is 1. The maximum absolute atomic E-state index is 11.1. The van der Waals surface area contributed by atoms with E-state index in [1.54, 1.807) is 31.6 Å². The molecule has 2 rings (SSSR count). The molecular weight excluding hydrogens is 240 g/mol. The van der Waals surface area contributed by atoms with Crippen LogP contribution in [0.3, 0.4) is 0 Å². The van der Waals surface area contributed by atoms with Gasteiger partial charge in [-0.2, -0.15) is 0 Å². The fraction of sp³-hybridized carbons (Fsp3) is 0.267. The number of pyridine rings is 1. The molecule has 0 bridgehead atoms. The van der Waals surface area contributed by atoms with Crippen molar-refractivity contribution in [3.05, 3.63) is 64.6 Å². The van der Waals surface area contributed by atoms with E-state index in [9.17, 15) is 4.79 Å². The molecular formula is C15H18N2O2. The van der Waals surface area contributed by atoms with Gasteiger partial charge in [0, 0.05) is 37.1 Å². The molecule has 0 aliphatic rings. The zero-order chi connectivity index (χ0) is 13.7. The molecule has 0 aliphatic heterocycles. The molecule has 4 nitrogen and oxygen atoms in total. The second kappa shape index (κ2) is 6.20. The number of methoxy groups -OCH3 is 1. The van der Waals surface area contributed by atoms with Crippen molar-refractivity contribution >= 4 is 0 Å². The van der Waals surface area contributed by atoms with Crippen molar-refractivity contribution in [3.8, 4) is 5.75 Å². The summed E-state index contributed by atoms with van der Waals surface area (Å²) in [4.78, 5) is 11.1. The fourth-order valence-corrected chi connectivity index (χ4v) is 1.98. The van der Waals surface area contributed by atoms with Gasteiger partial charge in [0.1, 0.15) is 5.75 Å². The normalized spacial score (nSPS) is 12.1. The van der Waals surface area contributed by atoms with Crippen LogP contribution < -0.4 is 15.5 Å². The Bertz CT molecular complexity index is 555. The molecule has 0 fully saturated rings. The quantitative estimate of drug-likeness (QED) is 0.889. The molecule has 1 N–H and O–H groups in total. The summed E-state index contributed by atoms with van der Waals surface area (Å²) < 4.78 is 7.15. The van der Waals surface area contributed by atoms with Crippen LogP contribution in [0.5, 0.6) is 5.75 Å². The van der Waals surface area contributed by atoms with Crippen molar-refractivity contribution in [3.63, 3.8) is 0 Å². The molecule has 0 aliphatic carbocycles. The molecule has 0 saturated carbocycles. The topological polar surface area (TPSA) is 43.3 Å². The van der Waals surface area contributed by atoms with Gasteiger partial charge in [-0.05, 0) is 24.7 Å². The van der Waals surface area contributed by atoms with Crippen LogP contribution >= 0.6 is 0 Å². The largest absolute Gasteiger partial charge is 0.497 e. The number of rotatable bonds is 5. The van der Waals surface area contributed by atoms with E-state index in [0.29, 0.717) is 0 Å². The second-order valence-electron chi connectivity index (χ2n) is 4.35. The Balaban J connectivity index is 2.14. The van der Waals surface area contributed by atoms with E-state index in [4.69, 9.17) is 4.74 Å². The van der Waals surface area contributed by atoms with E-state index < -0.39 is 0 Å². The molecule has 19 heavy (non-hydrogen) atoms. The molecule has 0 spiro atoms. The van der Waals surface area contributed by atoms with Gasteiger partial charge in [-0.1, -0.05) is 12.1 Å². The third kappa shape index (κ3) is 3.45. The smallest absolute Gasteiger partial charge is 0.181 e. The number of nitrogens with zero attached hydrogens (tertiary/aromatic N) is 1. The lowest BCUT2D eigenvalue weighted by atomic mass is 10.1. The van der Waals surface area contributed by atoms with E-state index in [2.05, 4.69) is 5.32 Å². The highest BCUT2D eigenvalue weighted by atomic mass is 16.5. The summed E-state index contributed by atoms with van der Waals surface area (Å²) in [5, 5.41) is 3.28. The van der Waals surface area contributed by atoms with Gasteiger partial charge in [-0.3, -0.25) is 4.79 Å². The Morgan fingerprint density at radius 1 is 1.16 bits per heavy atom. The molecule has 0 amide bonds. The second-order valence-corrected chi connectivity index (χ2v) is 4.35. The highest BCUT2D eigenvalue weighted by Crippen LogP contribution is 2.18. The number of hydrogen-bond acceptors (Lipinski definition) is 3. The molecule has 1 heterocycles. The molecule has 1 unspecified atom stereocenters. The lowest BCUT2D eigenvalue weighted by Gasteiger charge is -2.18. The predicted octanol–water partition coefficient (Wildman–Crippen LogP) is 1.82. The first-order valence-corrected chi connectivity index (χ1v) is 6.20. The van der Waals surface area contributed by atoms with Crippen molar-refractivity contribution in [1.29, 1.82) is 0 Å². The minimum Gasteiger partial charge on any atom is -0.497 e. The summed E-state index contributed by atoms with van der Waals surface area (Å²) in [5.41, 5.74) is 1.21. The van der Waals surface area contributed by atoms with Gasteiger partial charge in [-0.25, -0.2) is 0 Å². The SMILES string of the molecule is CNC(Cn1ccc(=O)cc1)c1ccc(OC)cc1. The van der Waals surface area contributed by atoms with Gasteiger partial charge in [0.05, 0.1) is 7.11 Å². The van der Waals surface area contributed by atoms with Crippen molar-refractivity contribution in [1.82, 2.24) is 9.88 Å². The monoisotopic (exact) mass is 258 g/mol. The van der Waals surface area contributed by atoms with Crippen molar-refractivity contribution in [2.75, 3.05) is 14.2 Å². The Morgan fingerprint density at radius 2 is 1.79 bits per heavy atom.